The van der Waals surface area contributed by atoms with Gasteiger partial charge in [0, 0.05) is 12.1 Å². The Bertz CT molecular complexity index is 1540. The molecule has 5 heterocycles. The molecule has 0 saturated carbocycles. The minimum atomic E-state index is -1.05. The standard InChI is InChI=1S/C22H16F2N8O2/c1-22-9-26-21(34)30-17-14(22)16(29-20(22)33)27-18(28-17)15-12-6-11(23)7-25-19(12)32(31-15)8-10-4-2-3-5-13(10)24/h2-7H,8-9H2,1H3,(H3,26,27,28,29,30,33,34)/t22-/m1/s1. The lowest BCUT2D eigenvalue weighted by Crippen LogP contribution is -2.42. The highest BCUT2D eigenvalue weighted by Crippen LogP contribution is 2.42. The van der Waals surface area contributed by atoms with Crippen LogP contribution >= 0.6 is 0 Å². The molecule has 1 atom stereocenters. The molecule has 0 fully saturated rings. The minimum absolute atomic E-state index is 0.0368. The summed E-state index contributed by atoms with van der Waals surface area (Å²) in [5.74, 6) is -0.917. The molecule has 0 radical (unpaired) electrons. The van der Waals surface area contributed by atoms with Crippen molar-refractivity contribution in [2.45, 2.75) is 18.9 Å². The first-order valence-corrected chi connectivity index (χ1v) is 10.4. The molecule has 0 aliphatic carbocycles. The second kappa shape index (κ2) is 7.01. The van der Waals surface area contributed by atoms with Gasteiger partial charge in [0.1, 0.15) is 29.0 Å². The summed E-state index contributed by atoms with van der Waals surface area (Å²) in [4.78, 5) is 38.0. The Kier molecular flexibility index (Phi) is 4.15. The Morgan fingerprint density at radius 1 is 1.12 bits per heavy atom. The molecule has 2 aliphatic heterocycles. The molecule has 34 heavy (non-hydrogen) atoms. The van der Waals surface area contributed by atoms with Gasteiger partial charge >= 0.3 is 6.03 Å². The van der Waals surface area contributed by atoms with E-state index in [2.05, 4.69) is 36.0 Å². The third-order valence-electron chi connectivity index (χ3n) is 6.07. The summed E-state index contributed by atoms with van der Waals surface area (Å²) in [5.41, 5.74) is 0.245. The monoisotopic (exact) mass is 462 g/mol. The number of amides is 3. The summed E-state index contributed by atoms with van der Waals surface area (Å²) in [6.45, 7) is 1.80. The molecule has 12 heteroatoms. The van der Waals surface area contributed by atoms with Crippen LogP contribution in [0.4, 0.5) is 25.2 Å². The number of anilines is 2. The first-order chi connectivity index (χ1) is 16.3. The largest absolute Gasteiger partial charge is 0.336 e. The predicted octanol–water partition coefficient (Wildman–Crippen LogP) is 2.56. The molecular weight excluding hydrogens is 446 g/mol. The van der Waals surface area contributed by atoms with Crippen molar-refractivity contribution in [3.63, 3.8) is 0 Å². The molecule has 0 unspecified atom stereocenters. The SMILES string of the molecule is C[C@@]12CNC(=O)Nc3nc(-c4nn(Cc5ccccc5F)c5ncc(F)cc45)nc(c31)NC2=O. The van der Waals surface area contributed by atoms with Crippen molar-refractivity contribution >= 4 is 34.6 Å². The number of nitrogens with one attached hydrogen (secondary N) is 3. The number of urea groups is 1. The number of halogens is 2. The van der Waals surface area contributed by atoms with Crippen LogP contribution in [-0.4, -0.2) is 43.2 Å². The molecule has 6 rings (SSSR count). The van der Waals surface area contributed by atoms with Crippen LogP contribution in [0, 0.1) is 11.6 Å². The maximum absolute atomic E-state index is 14.3. The second-order valence-corrected chi connectivity index (χ2v) is 8.34. The van der Waals surface area contributed by atoms with Gasteiger partial charge in [-0.15, -0.1) is 0 Å². The van der Waals surface area contributed by atoms with E-state index in [0.29, 0.717) is 22.2 Å². The van der Waals surface area contributed by atoms with E-state index in [0.717, 1.165) is 6.20 Å². The zero-order valence-electron chi connectivity index (χ0n) is 17.7. The normalized spacial score (nSPS) is 18.8. The van der Waals surface area contributed by atoms with Gasteiger partial charge in [-0.2, -0.15) is 5.10 Å². The van der Waals surface area contributed by atoms with Crippen LogP contribution in [0.3, 0.4) is 0 Å². The number of hydrogen-bond acceptors (Lipinski definition) is 6. The van der Waals surface area contributed by atoms with Crippen LogP contribution < -0.4 is 16.0 Å². The fraction of sp³-hybridized carbons (Fsp3) is 0.182. The number of fused-ring (bicyclic) bond motifs is 1. The van der Waals surface area contributed by atoms with E-state index in [-0.39, 0.29) is 42.2 Å². The van der Waals surface area contributed by atoms with Crippen LogP contribution in [0.25, 0.3) is 22.6 Å². The topological polar surface area (TPSA) is 127 Å². The smallest absolute Gasteiger partial charge is 0.320 e. The van der Waals surface area contributed by atoms with Crippen molar-refractivity contribution in [2.24, 2.45) is 0 Å². The fourth-order valence-electron chi connectivity index (χ4n) is 4.30. The van der Waals surface area contributed by atoms with Crippen LogP contribution in [0.1, 0.15) is 18.1 Å². The van der Waals surface area contributed by atoms with Gasteiger partial charge in [0.25, 0.3) is 0 Å². The van der Waals surface area contributed by atoms with E-state index in [1.165, 1.54) is 16.8 Å². The third-order valence-corrected chi connectivity index (χ3v) is 6.07. The molecule has 1 aromatic carbocycles. The molecule has 0 spiro atoms. The number of pyridine rings is 1. The van der Waals surface area contributed by atoms with Crippen molar-refractivity contribution in [1.82, 2.24) is 30.0 Å². The first kappa shape index (κ1) is 20.1. The van der Waals surface area contributed by atoms with Gasteiger partial charge in [0.2, 0.25) is 5.91 Å². The summed E-state index contributed by atoms with van der Waals surface area (Å²) >= 11 is 0. The molecule has 10 nitrogen and oxygen atoms in total. The quantitative estimate of drug-likeness (QED) is 0.430. The zero-order chi connectivity index (χ0) is 23.6. The van der Waals surface area contributed by atoms with Crippen molar-refractivity contribution < 1.29 is 18.4 Å². The number of rotatable bonds is 3. The van der Waals surface area contributed by atoms with E-state index in [1.54, 1.807) is 25.1 Å². The van der Waals surface area contributed by atoms with E-state index in [4.69, 9.17) is 0 Å². The summed E-state index contributed by atoms with van der Waals surface area (Å²) in [5, 5.41) is 12.8. The Morgan fingerprint density at radius 3 is 2.68 bits per heavy atom. The third kappa shape index (κ3) is 2.91. The van der Waals surface area contributed by atoms with Crippen LogP contribution in [0.15, 0.2) is 36.5 Å². The van der Waals surface area contributed by atoms with Gasteiger partial charge in [-0.3, -0.25) is 10.1 Å². The Labute approximate surface area is 190 Å². The van der Waals surface area contributed by atoms with Gasteiger partial charge in [0.15, 0.2) is 11.5 Å². The number of carbonyl (C=O) groups is 2. The summed E-state index contributed by atoms with van der Waals surface area (Å²) in [7, 11) is 0. The number of carbonyl (C=O) groups excluding carboxylic acids is 2. The van der Waals surface area contributed by atoms with Gasteiger partial charge in [-0.1, -0.05) is 18.2 Å². The van der Waals surface area contributed by atoms with Crippen LogP contribution in [-0.2, 0) is 16.8 Å². The predicted molar refractivity (Wildman–Crippen MR) is 117 cm³/mol. The molecule has 0 bridgehead atoms. The van der Waals surface area contributed by atoms with Gasteiger partial charge in [0.05, 0.1) is 29.1 Å². The molecule has 0 saturated heterocycles. The maximum Gasteiger partial charge on any atom is 0.320 e. The lowest BCUT2D eigenvalue weighted by molar-refractivity contribution is -0.120. The Morgan fingerprint density at radius 2 is 1.88 bits per heavy atom. The molecule has 3 aromatic heterocycles. The first-order valence-electron chi connectivity index (χ1n) is 10.4. The highest BCUT2D eigenvalue weighted by molar-refractivity contribution is 6.09. The molecule has 3 amide bonds. The summed E-state index contributed by atoms with van der Waals surface area (Å²) in [6, 6.07) is 6.95. The fourth-order valence-corrected chi connectivity index (χ4v) is 4.30. The van der Waals surface area contributed by atoms with Crippen LogP contribution in [0.2, 0.25) is 0 Å². The molecular formula is C22H16F2N8O2. The zero-order valence-corrected chi connectivity index (χ0v) is 17.7. The number of aromatic nitrogens is 5. The second-order valence-electron chi connectivity index (χ2n) is 8.34. The lowest BCUT2D eigenvalue weighted by atomic mass is 9.85. The lowest BCUT2D eigenvalue weighted by Gasteiger charge is -2.19. The highest BCUT2D eigenvalue weighted by Gasteiger charge is 2.48. The van der Waals surface area contributed by atoms with E-state index in [9.17, 15) is 18.4 Å². The van der Waals surface area contributed by atoms with Crippen molar-refractivity contribution in [3.05, 3.63) is 59.3 Å². The van der Waals surface area contributed by atoms with Crippen molar-refractivity contribution in [3.8, 4) is 11.5 Å². The van der Waals surface area contributed by atoms with Crippen molar-refractivity contribution in [2.75, 3.05) is 17.2 Å². The average Bonchev–Trinajstić information content (AvgIpc) is 3.23. The maximum atomic E-state index is 14.3. The van der Waals surface area contributed by atoms with Gasteiger partial charge in [-0.05, 0) is 19.1 Å². The molecule has 3 N–H and O–H groups in total. The summed E-state index contributed by atoms with van der Waals surface area (Å²) < 4.78 is 29.8. The molecule has 170 valence electrons. The number of nitrogens with zero attached hydrogens (tertiary/aromatic N) is 5. The average molecular weight is 462 g/mol. The van der Waals surface area contributed by atoms with E-state index in [1.807, 2.05) is 0 Å². The van der Waals surface area contributed by atoms with Gasteiger partial charge in [-0.25, -0.2) is 33.2 Å². The van der Waals surface area contributed by atoms with Crippen LogP contribution in [0.5, 0.6) is 0 Å². The Hall–Kier alpha value is -4.48. The minimum Gasteiger partial charge on any atom is -0.336 e. The summed E-state index contributed by atoms with van der Waals surface area (Å²) in [6.07, 6.45) is 1.04. The number of hydrogen-bond donors (Lipinski definition) is 3. The number of benzene rings is 1. The van der Waals surface area contributed by atoms with E-state index >= 15 is 0 Å². The van der Waals surface area contributed by atoms with Crippen molar-refractivity contribution in [1.29, 1.82) is 0 Å². The highest BCUT2D eigenvalue weighted by atomic mass is 19.1. The van der Waals surface area contributed by atoms with E-state index < -0.39 is 23.1 Å². The van der Waals surface area contributed by atoms with Gasteiger partial charge < -0.3 is 10.6 Å². The molecule has 4 aromatic rings. The molecule has 2 aliphatic rings. The Balaban J connectivity index is 1.55.